The maximum Gasteiger partial charge on any atom is 0.263 e. The van der Waals surface area contributed by atoms with Gasteiger partial charge in [0, 0.05) is 6.54 Å². The average Bonchev–Trinajstić information content (AvgIpc) is 2.77. The summed E-state index contributed by atoms with van der Waals surface area (Å²) in [5, 5.41) is 2.67. The summed E-state index contributed by atoms with van der Waals surface area (Å²) in [7, 11) is 0. The normalized spacial score (nSPS) is 17.8. The van der Waals surface area contributed by atoms with Crippen molar-refractivity contribution in [2.45, 2.75) is 26.3 Å². The number of aromatic nitrogens is 2. The van der Waals surface area contributed by atoms with E-state index in [-0.39, 0.29) is 11.0 Å². The number of rotatable bonds is 2. The lowest BCUT2D eigenvalue weighted by atomic mass is 10.1. The zero-order chi connectivity index (χ0) is 11.3. The molecule has 1 fully saturated rings. The Morgan fingerprint density at radius 2 is 2.38 bits per heavy atom. The highest BCUT2D eigenvalue weighted by Crippen LogP contribution is 2.46. The highest BCUT2D eigenvalue weighted by Gasteiger charge is 2.38. The van der Waals surface area contributed by atoms with Gasteiger partial charge in [0.05, 0.1) is 5.39 Å². The Morgan fingerprint density at radius 3 is 3.06 bits per heavy atom. The number of nitrogens with zero attached hydrogens (tertiary/aromatic N) is 1. The van der Waals surface area contributed by atoms with Crippen molar-refractivity contribution in [1.82, 2.24) is 9.55 Å². The van der Waals surface area contributed by atoms with E-state index in [1.54, 1.807) is 4.57 Å². The SMILES string of the molecule is CC1(Cn2c(=S)[nH]c3sccc3c2=O)CC1. The van der Waals surface area contributed by atoms with Crippen LogP contribution in [0.1, 0.15) is 19.8 Å². The molecule has 0 unspecified atom stereocenters. The number of fused-ring (bicyclic) bond motifs is 1. The number of hydrogen-bond acceptors (Lipinski definition) is 3. The molecule has 0 radical (unpaired) electrons. The summed E-state index contributed by atoms with van der Waals surface area (Å²) in [5.41, 5.74) is 0.336. The van der Waals surface area contributed by atoms with Gasteiger partial charge in [0.25, 0.3) is 5.56 Å². The van der Waals surface area contributed by atoms with Crippen LogP contribution in [0.15, 0.2) is 16.2 Å². The lowest BCUT2D eigenvalue weighted by Gasteiger charge is -2.11. The number of nitrogens with one attached hydrogen (secondary N) is 1. The van der Waals surface area contributed by atoms with E-state index in [0.29, 0.717) is 4.77 Å². The van der Waals surface area contributed by atoms with Crippen LogP contribution < -0.4 is 5.56 Å². The fraction of sp³-hybridized carbons (Fsp3) is 0.455. The van der Waals surface area contributed by atoms with Gasteiger partial charge in [-0.25, -0.2) is 0 Å². The van der Waals surface area contributed by atoms with Gasteiger partial charge in [-0.2, -0.15) is 0 Å². The minimum atomic E-state index is 0.0492. The van der Waals surface area contributed by atoms with E-state index in [2.05, 4.69) is 11.9 Å². The molecule has 2 heterocycles. The summed E-state index contributed by atoms with van der Waals surface area (Å²) in [6.45, 7) is 2.94. The topological polar surface area (TPSA) is 37.8 Å². The van der Waals surface area contributed by atoms with E-state index < -0.39 is 0 Å². The maximum atomic E-state index is 12.2. The standard InChI is InChI=1S/C11H12N2OS2/c1-11(3-4-11)6-13-9(14)7-2-5-16-8(7)12-10(13)15/h2,5H,3-4,6H2,1H3,(H,12,15). The summed E-state index contributed by atoms with van der Waals surface area (Å²) in [6, 6.07) is 1.86. The van der Waals surface area contributed by atoms with Crippen LogP contribution >= 0.6 is 23.6 Å². The number of thiophene rings is 1. The first-order valence-electron chi connectivity index (χ1n) is 5.29. The van der Waals surface area contributed by atoms with Crippen molar-refractivity contribution in [2.24, 2.45) is 5.41 Å². The summed E-state index contributed by atoms with van der Waals surface area (Å²) in [5.74, 6) is 0. The Morgan fingerprint density at radius 1 is 1.62 bits per heavy atom. The van der Waals surface area contributed by atoms with Crippen molar-refractivity contribution in [1.29, 1.82) is 0 Å². The van der Waals surface area contributed by atoms with Crippen molar-refractivity contribution < 1.29 is 0 Å². The van der Waals surface area contributed by atoms with Crippen LogP contribution in [0.5, 0.6) is 0 Å². The molecular formula is C11H12N2OS2. The van der Waals surface area contributed by atoms with E-state index >= 15 is 0 Å². The Balaban J connectivity index is 2.23. The van der Waals surface area contributed by atoms with Crippen molar-refractivity contribution >= 4 is 33.8 Å². The molecule has 16 heavy (non-hydrogen) atoms. The third-order valence-corrected chi connectivity index (χ3v) is 4.40. The Labute approximate surface area is 102 Å². The number of hydrogen-bond donors (Lipinski definition) is 1. The van der Waals surface area contributed by atoms with Gasteiger partial charge in [-0.05, 0) is 41.9 Å². The summed E-state index contributed by atoms with van der Waals surface area (Å²) >= 11 is 6.77. The smallest absolute Gasteiger partial charge is 0.263 e. The van der Waals surface area contributed by atoms with E-state index in [4.69, 9.17) is 12.2 Å². The predicted molar refractivity (Wildman–Crippen MR) is 68.6 cm³/mol. The van der Waals surface area contributed by atoms with Crippen LogP contribution in [0.25, 0.3) is 10.2 Å². The molecule has 0 bridgehead atoms. The molecule has 1 saturated carbocycles. The van der Waals surface area contributed by atoms with Gasteiger partial charge in [0.1, 0.15) is 4.83 Å². The van der Waals surface area contributed by atoms with Crippen LogP contribution in [0.3, 0.4) is 0 Å². The Hall–Kier alpha value is -0.940. The van der Waals surface area contributed by atoms with Crippen molar-refractivity contribution in [3.63, 3.8) is 0 Å². The minimum absolute atomic E-state index is 0.0492. The monoisotopic (exact) mass is 252 g/mol. The summed E-state index contributed by atoms with van der Waals surface area (Å²) < 4.78 is 2.25. The zero-order valence-electron chi connectivity index (χ0n) is 8.95. The van der Waals surface area contributed by atoms with Gasteiger partial charge in [-0.15, -0.1) is 11.3 Å². The van der Waals surface area contributed by atoms with Crippen molar-refractivity contribution in [3.05, 3.63) is 26.6 Å². The van der Waals surface area contributed by atoms with Gasteiger partial charge in [-0.3, -0.25) is 9.36 Å². The third kappa shape index (κ3) is 1.55. The van der Waals surface area contributed by atoms with Gasteiger partial charge in [0.2, 0.25) is 0 Å². The lowest BCUT2D eigenvalue weighted by molar-refractivity contribution is 0.449. The lowest BCUT2D eigenvalue weighted by Crippen LogP contribution is -2.25. The van der Waals surface area contributed by atoms with E-state index in [0.717, 1.165) is 16.8 Å². The molecule has 1 N–H and O–H groups in total. The molecule has 5 heteroatoms. The summed E-state index contributed by atoms with van der Waals surface area (Å²) in [4.78, 5) is 16.2. The molecule has 0 aliphatic heterocycles. The molecule has 2 aromatic rings. The second-order valence-electron chi connectivity index (χ2n) is 4.80. The van der Waals surface area contributed by atoms with Gasteiger partial charge < -0.3 is 4.98 Å². The van der Waals surface area contributed by atoms with Crippen LogP contribution in [-0.4, -0.2) is 9.55 Å². The quantitative estimate of drug-likeness (QED) is 0.834. The first-order chi connectivity index (χ1) is 7.59. The second-order valence-corrected chi connectivity index (χ2v) is 6.10. The van der Waals surface area contributed by atoms with Crippen LogP contribution in [0.4, 0.5) is 0 Å². The number of aromatic amines is 1. The molecule has 3 nitrogen and oxygen atoms in total. The molecule has 84 valence electrons. The molecule has 0 amide bonds. The molecule has 0 aromatic carbocycles. The molecule has 2 aromatic heterocycles. The molecule has 0 spiro atoms. The Kier molecular flexibility index (Phi) is 2.09. The van der Waals surface area contributed by atoms with E-state index in [1.165, 1.54) is 24.2 Å². The molecule has 1 aliphatic rings. The highest BCUT2D eigenvalue weighted by atomic mass is 32.1. The Bertz CT molecular complexity index is 660. The second kappa shape index (κ2) is 3.28. The fourth-order valence-corrected chi connectivity index (χ4v) is 2.97. The molecular weight excluding hydrogens is 240 g/mol. The van der Waals surface area contributed by atoms with Crippen molar-refractivity contribution in [3.8, 4) is 0 Å². The molecule has 0 saturated heterocycles. The van der Waals surface area contributed by atoms with Gasteiger partial charge in [0.15, 0.2) is 4.77 Å². The molecule has 0 atom stereocenters. The molecule has 3 rings (SSSR count). The van der Waals surface area contributed by atoms with E-state index in [9.17, 15) is 4.79 Å². The van der Waals surface area contributed by atoms with Crippen molar-refractivity contribution in [2.75, 3.05) is 0 Å². The first kappa shape index (κ1) is 10.2. The maximum absolute atomic E-state index is 12.2. The first-order valence-corrected chi connectivity index (χ1v) is 6.58. The predicted octanol–water partition coefficient (Wildman–Crippen LogP) is 2.92. The van der Waals surface area contributed by atoms with E-state index in [1.807, 2.05) is 11.4 Å². The van der Waals surface area contributed by atoms with Crippen LogP contribution in [0, 0.1) is 10.2 Å². The van der Waals surface area contributed by atoms with Gasteiger partial charge in [-0.1, -0.05) is 6.92 Å². The molecule has 1 aliphatic carbocycles. The summed E-state index contributed by atoms with van der Waals surface area (Å²) in [6.07, 6.45) is 2.38. The van der Waals surface area contributed by atoms with Crippen LogP contribution in [0.2, 0.25) is 0 Å². The average molecular weight is 252 g/mol. The third-order valence-electron chi connectivity index (χ3n) is 3.25. The minimum Gasteiger partial charge on any atom is -0.323 e. The fourth-order valence-electron chi connectivity index (χ4n) is 1.87. The zero-order valence-corrected chi connectivity index (χ0v) is 10.6. The number of H-pyrrole nitrogens is 1. The van der Waals surface area contributed by atoms with Crippen LogP contribution in [-0.2, 0) is 6.54 Å². The largest absolute Gasteiger partial charge is 0.323 e. The highest BCUT2D eigenvalue weighted by molar-refractivity contribution is 7.71. The van der Waals surface area contributed by atoms with Gasteiger partial charge >= 0.3 is 0 Å².